The number of para-hydroxylation sites is 1. The maximum absolute atomic E-state index is 11.9. The molecule has 6 heteroatoms. The van der Waals surface area contributed by atoms with Crippen molar-refractivity contribution in [2.24, 2.45) is 4.99 Å². The summed E-state index contributed by atoms with van der Waals surface area (Å²) in [6, 6.07) is 15.0. The summed E-state index contributed by atoms with van der Waals surface area (Å²) in [4.78, 5) is 20.1. The number of ether oxygens (including phenoxy) is 1. The minimum Gasteiger partial charge on any atom is -0.378 e. The molecule has 1 amide bonds. The minimum absolute atomic E-state index is 0.568. The zero-order valence-corrected chi connectivity index (χ0v) is 14.8. The van der Waals surface area contributed by atoms with E-state index in [2.05, 4.69) is 9.89 Å². The third-order valence-electron chi connectivity index (χ3n) is 4.12. The first-order valence-corrected chi connectivity index (χ1v) is 8.51. The summed E-state index contributed by atoms with van der Waals surface area (Å²) in [7, 11) is 1.76. The number of hydrogen-bond donors (Lipinski definition) is 0. The number of amides is 1. The Morgan fingerprint density at radius 2 is 1.92 bits per heavy atom. The zero-order chi connectivity index (χ0) is 17.6. The first kappa shape index (κ1) is 17.5. The van der Waals surface area contributed by atoms with Crippen LogP contribution in [0.1, 0.15) is 5.56 Å². The molecule has 0 radical (unpaired) electrons. The third kappa shape index (κ3) is 3.83. The Morgan fingerprint density at radius 1 is 1.20 bits per heavy atom. The van der Waals surface area contributed by atoms with Crippen LogP contribution in [0.15, 0.2) is 53.5 Å². The molecule has 0 saturated carbocycles. The second-order valence-corrected chi connectivity index (χ2v) is 6.06. The second kappa shape index (κ2) is 8.14. The SMILES string of the molecule is C/N=C(\c1ccc(Cl)cc1N(C=O)c1ccccc1)N1CCOCC1. The van der Waals surface area contributed by atoms with Crippen LogP contribution in [-0.4, -0.2) is 50.5 Å². The normalized spacial score (nSPS) is 15.1. The molecular formula is C19H20ClN3O2. The number of benzene rings is 2. The van der Waals surface area contributed by atoms with Gasteiger partial charge in [-0.3, -0.25) is 14.7 Å². The molecule has 2 aromatic rings. The topological polar surface area (TPSA) is 45.1 Å². The minimum atomic E-state index is 0.568. The highest BCUT2D eigenvalue weighted by Crippen LogP contribution is 2.31. The number of hydrogen-bond acceptors (Lipinski definition) is 3. The zero-order valence-electron chi connectivity index (χ0n) is 14.1. The molecule has 5 nitrogen and oxygen atoms in total. The maximum Gasteiger partial charge on any atom is 0.218 e. The van der Waals surface area contributed by atoms with Gasteiger partial charge < -0.3 is 9.64 Å². The van der Waals surface area contributed by atoms with Crippen molar-refractivity contribution in [3.8, 4) is 0 Å². The van der Waals surface area contributed by atoms with Gasteiger partial charge in [0.25, 0.3) is 0 Å². The van der Waals surface area contributed by atoms with Gasteiger partial charge in [-0.1, -0.05) is 29.8 Å². The molecule has 1 saturated heterocycles. The van der Waals surface area contributed by atoms with Crippen molar-refractivity contribution in [3.05, 3.63) is 59.1 Å². The van der Waals surface area contributed by atoms with Gasteiger partial charge in [0, 0.05) is 36.4 Å². The Hall–Kier alpha value is -2.37. The molecule has 0 N–H and O–H groups in total. The summed E-state index contributed by atoms with van der Waals surface area (Å²) in [5.41, 5.74) is 2.35. The molecule has 3 rings (SSSR count). The highest BCUT2D eigenvalue weighted by Gasteiger charge is 2.22. The van der Waals surface area contributed by atoms with E-state index in [1.807, 2.05) is 42.5 Å². The van der Waals surface area contributed by atoms with Gasteiger partial charge in [0.2, 0.25) is 6.41 Å². The van der Waals surface area contributed by atoms with Crippen molar-refractivity contribution < 1.29 is 9.53 Å². The number of rotatable bonds is 4. The van der Waals surface area contributed by atoms with Crippen molar-refractivity contribution in [1.29, 1.82) is 0 Å². The highest BCUT2D eigenvalue weighted by molar-refractivity contribution is 6.31. The molecule has 25 heavy (non-hydrogen) atoms. The van der Waals surface area contributed by atoms with Crippen LogP contribution in [0.3, 0.4) is 0 Å². The summed E-state index contributed by atoms with van der Waals surface area (Å²) in [6.07, 6.45) is 0.803. The number of carbonyl (C=O) groups is 1. The van der Waals surface area contributed by atoms with Crippen LogP contribution in [0.4, 0.5) is 11.4 Å². The van der Waals surface area contributed by atoms with Crippen molar-refractivity contribution in [2.45, 2.75) is 0 Å². The third-order valence-corrected chi connectivity index (χ3v) is 4.36. The predicted octanol–water partition coefficient (Wildman–Crippen LogP) is 3.34. The summed E-state index contributed by atoms with van der Waals surface area (Å²) in [5, 5.41) is 0.568. The Bertz CT molecular complexity index is 759. The molecule has 1 heterocycles. The fraction of sp³-hybridized carbons (Fsp3) is 0.263. The lowest BCUT2D eigenvalue weighted by Crippen LogP contribution is -2.41. The first-order valence-electron chi connectivity index (χ1n) is 8.13. The lowest BCUT2D eigenvalue weighted by molar-refractivity contribution is -0.106. The van der Waals surface area contributed by atoms with Crippen molar-refractivity contribution >= 4 is 35.2 Å². The fourth-order valence-electron chi connectivity index (χ4n) is 2.95. The van der Waals surface area contributed by atoms with E-state index in [4.69, 9.17) is 16.3 Å². The van der Waals surface area contributed by atoms with E-state index in [1.54, 1.807) is 18.0 Å². The first-order chi connectivity index (χ1) is 12.2. The van der Waals surface area contributed by atoms with Gasteiger partial charge in [-0.05, 0) is 30.3 Å². The quantitative estimate of drug-likeness (QED) is 0.479. The van der Waals surface area contributed by atoms with Crippen molar-refractivity contribution in [2.75, 3.05) is 38.3 Å². The highest BCUT2D eigenvalue weighted by atomic mass is 35.5. The molecule has 0 spiro atoms. The molecule has 0 aromatic heterocycles. The van der Waals surface area contributed by atoms with E-state index in [-0.39, 0.29) is 0 Å². The number of carbonyl (C=O) groups excluding carboxylic acids is 1. The van der Waals surface area contributed by atoms with Gasteiger partial charge in [0.05, 0.1) is 18.9 Å². The average Bonchev–Trinajstić information content (AvgIpc) is 2.66. The van der Waals surface area contributed by atoms with Gasteiger partial charge in [-0.25, -0.2) is 0 Å². The van der Waals surface area contributed by atoms with E-state index >= 15 is 0 Å². The van der Waals surface area contributed by atoms with Crippen molar-refractivity contribution in [1.82, 2.24) is 4.90 Å². The van der Waals surface area contributed by atoms with Crippen LogP contribution in [0, 0.1) is 0 Å². The number of amidine groups is 1. The molecule has 0 aliphatic carbocycles. The van der Waals surface area contributed by atoms with E-state index in [0.29, 0.717) is 23.9 Å². The van der Waals surface area contributed by atoms with Gasteiger partial charge in [-0.15, -0.1) is 0 Å². The lowest BCUT2D eigenvalue weighted by atomic mass is 10.1. The Labute approximate surface area is 152 Å². The monoisotopic (exact) mass is 357 g/mol. The van der Waals surface area contributed by atoms with Gasteiger partial charge in [-0.2, -0.15) is 0 Å². The molecule has 1 fully saturated rings. The smallest absolute Gasteiger partial charge is 0.218 e. The molecule has 130 valence electrons. The fourth-order valence-corrected chi connectivity index (χ4v) is 3.11. The van der Waals surface area contributed by atoms with E-state index in [1.165, 1.54) is 0 Å². The number of halogens is 1. The predicted molar refractivity (Wildman–Crippen MR) is 101 cm³/mol. The van der Waals surface area contributed by atoms with Crippen LogP contribution in [0.25, 0.3) is 0 Å². The second-order valence-electron chi connectivity index (χ2n) is 5.62. The van der Waals surface area contributed by atoms with E-state index < -0.39 is 0 Å². The Balaban J connectivity index is 2.07. The van der Waals surface area contributed by atoms with Crippen LogP contribution < -0.4 is 4.90 Å². The standard InChI is InChI=1S/C19H20ClN3O2/c1-21-19(22-9-11-25-12-10-22)17-8-7-15(20)13-18(17)23(14-24)16-5-3-2-4-6-16/h2-8,13-14H,9-12H2,1H3/b21-19+. The lowest BCUT2D eigenvalue weighted by Gasteiger charge is -2.31. The molecule has 0 atom stereocenters. The van der Waals surface area contributed by atoms with Gasteiger partial charge >= 0.3 is 0 Å². The molecule has 2 aromatic carbocycles. The van der Waals surface area contributed by atoms with Crippen LogP contribution >= 0.6 is 11.6 Å². The van der Waals surface area contributed by atoms with Gasteiger partial charge in [0.1, 0.15) is 5.84 Å². The van der Waals surface area contributed by atoms with Gasteiger partial charge in [0.15, 0.2) is 0 Å². The molecule has 0 unspecified atom stereocenters. The van der Waals surface area contributed by atoms with Crippen LogP contribution in [0.2, 0.25) is 5.02 Å². The van der Waals surface area contributed by atoms with Crippen LogP contribution in [-0.2, 0) is 9.53 Å². The number of aliphatic imine (C=N–C) groups is 1. The van der Waals surface area contributed by atoms with E-state index in [0.717, 1.165) is 36.6 Å². The molecule has 1 aliphatic rings. The molecule has 1 aliphatic heterocycles. The summed E-state index contributed by atoms with van der Waals surface area (Å²) < 4.78 is 5.43. The average molecular weight is 358 g/mol. The number of morpholine rings is 1. The summed E-state index contributed by atoms with van der Waals surface area (Å²) >= 11 is 6.22. The summed E-state index contributed by atoms with van der Waals surface area (Å²) in [5.74, 6) is 0.831. The molecule has 0 bridgehead atoms. The van der Waals surface area contributed by atoms with E-state index in [9.17, 15) is 4.79 Å². The largest absolute Gasteiger partial charge is 0.378 e. The number of nitrogens with zero attached hydrogens (tertiary/aromatic N) is 3. The van der Waals surface area contributed by atoms with Crippen LogP contribution in [0.5, 0.6) is 0 Å². The number of anilines is 2. The van der Waals surface area contributed by atoms with Crippen molar-refractivity contribution in [3.63, 3.8) is 0 Å². The Kier molecular flexibility index (Phi) is 5.68. The summed E-state index contributed by atoms with van der Waals surface area (Å²) in [6.45, 7) is 2.86. The maximum atomic E-state index is 11.9. The Morgan fingerprint density at radius 3 is 2.56 bits per heavy atom. The molecular weight excluding hydrogens is 338 g/mol.